The molecule has 0 bridgehead atoms. The third-order valence-electron chi connectivity index (χ3n) is 3.87. The topological polar surface area (TPSA) is 30.5 Å². The zero-order chi connectivity index (χ0) is 14.4. The van der Waals surface area contributed by atoms with Gasteiger partial charge in [-0.1, -0.05) is 25.8 Å². The van der Waals surface area contributed by atoms with Gasteiger partial charge in [0.25, 0.3) is 0 Å². The number of rotatable bonds is 9. The standard InChI is InChI=1S/C17H27NO2/c1-4-10-18-13(2)15-7-8-16(17(12-15)19-3)20-11-9-14-5-6-14/h7-8,12-14,18H,4-6,9-11H2,1-3H3. The number of hydrogen-bond acceptors (Lipinski definition) is 3. The van der Waals surface area contributed by atoms with E-state index in [0.717, 1.165) is 37.0 Å². The summed E-state index contributed by atoms with van der Waals surface area (Å²) >= 11 is 0. The van der Waals surface area contributed by atoms with Crippen molar-refractivity contribution in [3.63, 3.8) is 0 Å². The summed E-state index contributed by atoms with van der Waals surface area (Å²) in [5.74, 6) is 2.60. The first kappa shape index (κ1) is 15.2. The fourth-order valence-electron chi connectivity index (χ4n) is 2.29. The Morgan fingerprint density at radius 1 is 1.30 bits per heavy atom. The molecule has 0 aliphatic heterocycles. The minimum absolute atomic E-state index is 0.337. The van der Waals surface area contributed by atoms with Gasteiger partial charge in [-0.25, -0.2) is 0 Å². The van der Waals surface area contributed by atoms with E-state index in [1.54, 1.807) is 7.11 Å². The van der Waals surface area contributed by atoms with Gasteiger partial charge in [0.05, 0.1) is 13.7 Å². The summed E-state index contributed by atoms with van der Waals surface area (Å²) in [6.45, 7) is 6.18. The molecule has 1 aliphatic carbocycles. The van der Waals surface area contributed by atoms with Gasteiger partial charge < -0.3 is 14.8 Å². The molecule has 1 unspecified atom stereocenters. The third-order valence-corrected chi connectivity index (χ3v) is 3.87. The van der Waals surface area contributed by atoms with Crippen LogP contribution in [0.2, 0.25) is 0 Å². The van der Waals surface area contributed by atoms with Gasteiger partial charge in [-0.15, -0.1) is 0 Å². The van der Waals surface area contributed by atoms with Crippen LogP contribution in [0.25, 0.3) is 0 Å². The van der Waals surface area contributed by atoms with E-state index < -0.39 is 0 Å². The van der Waals surface area contributed by atoms with Gasteiger partial charge in [0.1, 0.15) is 0 Å². The fourth-order valence-corrected chi connectivity index (χ4v) is 2.29. The molecule has 20 heavy (non-hydrogen) atoms. The monoisotopic (exact) mass is 277 g/mol. The maximum absolute atomic E-state index is 5.85. The molecule has 1 saturated carbocycles. The highest BCUT2D eigenvalue weighted by atomic mass is 16.5. The first-order valence-electron chi connectivity index (χ1n) is 7.78. The van der Waals surface area contributed by atoms with E-state index >= 15 is 0 Å². The molecule has 1 N–H and O–H groups in total. The first-order chi connectivity index (χ1) is 9.74. The molecule has 0 saturated heterocycles. The van der Waals surface area contributed by atoms with Gasteiger partial charge in [-0.2, -0.15) is 0 Å². The van der Waals surface area contributed by atoms with Crippen LogP contribution < -0.4 is 14.8 Å². The van der Waals surface area contributed by atoms with Crippen molar-refractivity contribution < 1.29 is 9.47 Å². The Labute approximate surface area is 122 Å². The molecule has 112 valence electrons. The van der Waals surface area contributed by atoms with Gasteiger partial charge in [0, 0.05) is 6.04 Å². The van der Waals surface area contributed by atoms with Crippen LogP contribution in [0.5, 0.6) is 11.5 Å². The summed E-state index contributed by atoms with van der Waals surface area (Å²) in [7, 11) is 1.71. The molecular formula is C17H27NO2. The summed E-state index contributed by atoms with van der Waals surface area (Å²) in [6.07, 6.45) is 5.06. The Kier molecular flexibility index (Phi) is 5.72. The lowest BCUT2D eigenvalue weighted by Crippen LogP contribution is -2.19. The highest BCUT2D eigenvalue weighted by Gasteiger charge is 2.21. The molecule has 0 amide bonds. The Hall–Kier alpha value is -1.22. The van der Waals surface area contributed by atoms with Crippen LogP contribution in [0, 0.1) is 5.92 Å². The van der Waals surface area contributed by atoms with Gasteiger partial charge in [0.2, 0.25) is 0 Å². The van der Waals surface area contributed by atoms with E-state index in [0.29, 0.717) is 6.04 Å². The molecule has 3 nitrogen and oxygen atoms in total. The predicted octanol–water partition coefficient (Wildman–Crippen LogP) is 3.93. The minimum Gasteiger partial charge on any atom is -0.493 e. The van der Waals surface area contributed by atoms with E-state index in [9.17, 15) is 0 Å². The smallest absolute Gasteiger partial charge is 0.161 e. The third kappa shape index (κ3) is 4.41. The number of methoxy groups -OCH3 is 1. The van der Waals surface area contributed by atoms with Crippen molar-refractivity contribution in [2.24, 2.45) is 5.92 Å². The highest BCUT2D eigenvalue weighted by molar-refractivity contribution is 5.43. The second kappa shape index (κ2) is 7.53. The molecule has 0 aromatic heterocycles. The summed E-state index contributed by atoms with van der Waals surface area (Å²) in [4.78, 5) is 0. The van der Waals surface area contributed by atoms with Crippen molar-refractivity contribution in [3.8, 4) is 11.5 Å². The van der Waals surface area contributed by atoms with Crippen LogP contribution in [-0.4, -0.2) is 20.3 Å². The number of nitrogens with one attached hydrogen (secondary N) is 1. The van der Waals surface area contributed by atoms with Gasteiger partial charge in [-0.3, -0.25) is 0 Å². The van der Waals surface area contributed by atoms with Crippen LogP contribution in [-0.2, 0) is 0 Å². The van der Waals surface area contributed by atoms with Crippen molar-refractivity contribution in [1.82, 2.24) is 5.32 Å². The Bertz CT molecular complexity index is 415. The SMILES string of the molecule is CCCNC(C)c1ccc(OCCC2CC2)c(OC)c1. The van der Waals surface area contributed by atoms with Crippen molar-refractivity contribution in [3.05, 3.63) is 23.8 Å². The molecule has 1 aliphatic rings. The Balaban J connectivity index is 1.94. The van der Waals surface area contributed by atoms with Gasteiger partial charge in [0.15, 0.2) is 11.5 Å². The second-order valence-corrected chi connectivity index (χ2v) is 5.67. The van der Waals surface area contributed by atoms with Crippen molar-refractivity contribution in [2.75, 3.05) is 20.3 Å². The highest BCUT2D eigenvalue weighted by Crippen LogP contribution is 2.34. The molecule has 0 spiro atoms. The van der Waals surface area contributed by atoms with E-state index in [2.05, 4.69) is 31.3 Å². The van der Waals surface area contributed by atoms with E-state index in [-0.39, 0.29) is 0 Å². The Morgan fingerprint density at radius 3 is 2.75 bits per heavy atom. The molecule has 1 fully saturated rings. The Morgan fingerprint density at radius 2 is 2.10 bits per heavy atom. The fraction of sp³-hybridized carbons (Fsp3) is 0.647. The number of ether oxygens (including phenoxy) is 2. The summed E-state index contributed by atoms with van der Waals surface area (Å²) in [5.41, 5.74) is 1.24. The zero-order valence-electron chi connectivity index (χ0n) is 12.9. The average molecular weight is 277 g/mol. The van der Waals surface area contributed by atoms with Gasteiger partial charge >= 0.3 is 0 Å². The van der Waals surface area contributed by atoms with Crippen LogP contribution in [0.3, 0.4) is 0 Å². The summed E-state index contributed by atoms with van der Waals surface area (Å²) in [5, 5.41) is 3.49. The quantitative estimate of drug-likeness (QED) is 0.741. The van der Waals surface area contributed by atoms with Crippen LogP contribution >= 0.6 is 0 Å². The number of hydrogen-bond donors (Lipinski definition) is 1. The van der Waals surface area contributed by atoms with Crippen molar-refractivity contribution in [1.29, 1.82) is 0 Å². The summed E-state index contributed by atoms with van der Waals surface area (Å²) in [6, 6.07) is 6.58. The van der Waals surface area contributed by atoms with Crippen LogP contribution in [0.1, 0.15) is 51.1 Å². The molecule has 2 rings (SSSR count). The maximum atomic E-state index is 5.85. The van der Waals surface area contributed by atoms with E-state index in [1.807, 2.05) is 6.07 Å². The molecular weight excluding hydrogens is 250 g/mol. The zero-order valence-corrected chi connectivity index (χ0v) is 12.9. The maximum Gasteiger partial charge on any atom is 0.161 e. The molecule has 1 aromatic rings. The lowest BCUT2D eigenvalue weighted by Gasteiger charge is -2.17. The molecule has 3 heteroatoms. The minimum atomic E-state index is 0.337. The molecule has 1 atom stereocenters. The van der Waals surface area contributed by atoms with Crippen LogP contribution in [0.15, 0.2) is 18.2 Å². The molecule has 0 radical (unpaired) electrons. The normalized spacial score (nSPS) is 15.9. The lowest BCUT2D eigenvalue weighted by atomic mass is 10.1. The van der Waals surface area contributed by atoms with E-state index in [1.165, 1.54) is 24.8 Å². The van der Waals surface area contributed by atoms with E-state index in [4.69, 9.17) is 9.47 Å². The largest absolute Gasteiger partial charge is 0.493 e. The summed E-state index contributed by atoms with van der Waals surface area (Å²) < 4.78 is 11.3. The molecule has 1 aromatic carbocycles. The first-order valence-corrected chi connectivity index (χ1v) is 7.78. The van der Waals surface area contributed by atoms with Crippen molar-refractivity contribution >= 4 is 0 Å². The van der Waals surface area contributed by atoms with Gasteiger partial charge in [-0.05, 0) is 49.9 Å². The molecule has 0 heterocycles. The average Bonchev–Trinajstić information content (AvgIpc) is 3.29. The lowest BCUT2D eigenvalue weighted by molar-refractivity contribution is 0.282. The predicted molar refractivity (Wildman–Crippen MR) is 82.5 cm³/mol. The van der Waals surface area contributed by atoms with Crippen LogP contribution in [0.4, 0.5) is 0 Å². The number of benzene rings is 1. The van der Waals surface area contributed by atoms with Crippen molar-refractivity contribution in [2.45, 2.75) is 45.6 Å². The second-order valence-electron chi connectivity index (χ2n) is 5.67.